The Balaban J connectivity index is 2.63. The van der Waals surface area contributed by atoms with Crippen LogP contribution in [0.1, 0.15) is 13.8 Å². The van der Waals surface area contributed by atoms with Crippen LogP contribution in [0.5, 0.6) is 0 Å². The van der Waals surface area contributed by atoms with Crippen LogP contribution in [-0.2, 0) is 9.53 Å². The lowest BCUT2D eigenvalue weighted by Crippen LogP contribution is -2.53. The second kappa shape index (κ2) is 5.72. The molecule has 0 aromatic rings. The molecule has 1 aliphatic heterocycles. The van der Waals surface area contributed by atoms with Crippen molar-refractivity contribution >= 4 is 17.7 Å². The first kappa shape index (κ1) is 12.8. The third-order valence-corrected chi connectivity index (χ3v) is 3.81. The fourth-order valence-corrected chi connectivity index (χ4v) is 3.35. The number of ether oxygens (including phenoxy) is 1. The molecule has 0 amide bonds. The van der Waals surface area contributed by atoms with Crippen molar-refractivity contribution in [3.63, 3.8) is 0 Å². The fraction of sp³-hybridized carbons (Fsp3) is 0.900. The maximum absolute atomic E-state index is 11.5. The van der Waals surface area contributed by atoms with Crippen LogP contribution in [0.4, 0.5) is 0 Å². The zero-order chi connectivity index (χ0) is 11.4. The van der Waals surface area contributed by atoms with Gasteiger partial charge >= 0.3 is 5.97 Å². The van der Waals surface area contributed by atoms with Gasteiger partial charge in [0.25, 0.3) is 0 Å². The van der Waals surface area contributed by atoms with Gasteiger partial charge in [-0.1, -0.05) is 13.8 Å². The van der Waals surface area contributed by atoms with Crippen molar-refractivity contribution in [3.8, 4) is 0 Å². The van der Waals surface area contributed by atoms with Crippen LogP contribution in [0.3, 0.4) is 0 Å². The van der Waals surface area contributed by atoms with Crippen molar-refractivity contribution in [2.24, 2.45) is 5.73 Å². The van der Waals surface area contributed by atoms with Gasteiger partial charge in [0.1, 0.15) is 6.04 Å². The van der Waals surface area contributed by atoms with E-state index in [4.69, 9.17) is 10.5 Å². The molecule has 88 valence electrons. The number of methoxy groups -OCH3 is 1. The van der Waals surface area contributed by atoms with Crippen molar-refractivity contribution in [1.29, 1.82) is 0 Å². The first-order chi connectivity index (χ1) is 7.08. The van der Waals surface area contributed by atoms with Crippen molar-refractivity contribution in [1.82, 2.24) is 4.90 Å². The van der Waals surface area contributed by atoms with Crippen LogP contribution < -0.4 is 5.73 Å². The molecule has 15 heavy (non-hydrogen) atoms. The van der Waals surface area contributed by atoms with E-state index in [1.807, 2.05) is 11.8 Å². The summed E-state index contributed by atoms with van der Waals surface area (Å²) in [5.41, 5.74) is 5.62. The van der Waals surface area contributed by atoms with Crippen molar-refractivity contribution in [2.75, 3.05) is 26.7 Å². The van der Waals surface area contributed by atoms with Crippen LogP contribution in [0.15, 0.2) is 0 Å². The van der Waals surface area contributed by atoms with Crippen molar-refractivity contribution < 1.29 is 9.53 Å². The molecule has 1 fully saturated rings. The molecule has 0 aromatic heterocycles. The van der Waals surface area contributed by atoms with Gasteiger partial charge in [0.2, 0.25) is 0 Å². The van der Waals surface area contributed by atoms with Crippen LogP contribution in [0.2, 0.25) is 0 Å². The molecule has 4 nitrogen and oxygen atoms in total. The molecule has 1 aliphatic rings. The second-order valence-corrected chi connectivity index (χ2v) is 5.87. The van der Waals surface area contributed by atoms with E-state index in [-0.39, 0.29) is 12.0 Å². The number of hydrogen-bond donors (Lipinski definition) is 1. The Morgan fingerprint density at radius 3 is 2.47 bits per heavy atom. The minimum atomic E-state index is -0.277. The Bertz CT molecular complexity index is 215. The molecular formula is C10H20N2O2S. The highest BCUT2D eigenvalue weighted by atomic mass is 32.2. The summed E-state index contributed by atoms with van der Waals surface area (Å²) in [5, 5.41) is 1.10. The van der Waals surface area contributed by atoms with Crippen molar-refractivity contribution in [3.05, 3.63) is 0 Å². The van der Waals surface area contributed by atoms with Crippen LogP contribution in [0.25, 0.3) is 0 Å². The van der Waals surface area contributed by atoms with Gasteiger partial charge in [-0.3, -0.25) is 9.69 Å². The normalized spacial score (nSPS) is 29.9. The molecule has 5 heteroatoms. The summed E-state index contributed by atoms with van der Waals surface area (Å²) in [6, 6.07) is -0.277. The van der Waals surface area contributed by atoms with Gasteiger partial charge < -0.3 is 10.5 Å². The topological polar surface area (TPSA) is 55.6 Å². The molecule has 3 unspecified atom stereocenters. The molecule has 0 spiro atoms. The minimum absolute atomic E-state index is 0.219. The molecule has 1 saturated heterocycles. The highest BCUT2D eigenvalue weighted by Gasteiger charge is 2.31. The molecule has 0 aromatic carbocycles. The summed E-state index contributed by atoms with van der Waals surface area (Å²) in [6.45, 7) is 6.51. The third-order valence-electron chi connectivity index (χ3n) is 2.59. The van der Waals surface area contributed by atoms with E-state index in [1.54, 1.807) is 0 Å². The Kier molecular flexibility index (Phi) is 4.89. The maximum Gasteiger partial charge on any atom is 0.324 e. The summed E-state index contributed by atoms with van der Waals surface area (Å²) in [6.07, 6.45) is 0. The van der Waals surface area contributed by atoms with Gasteiger partial charge in [0.15, 0.2) is 0 Å². The van der Waals surface area contributed by atoms with Crippen LogP contribution in [-0.4, -0.2) is 54.2 Å². The number of rotatable bonds is 3. The molecule has 0 aliphatic carbocycles. The molecule has 1 heterocycles. The lowest BCUT2D eigenvalue weighted by atomic mass is 10.2. The zero-order valence-electron chi connectivity index (χ0n) is 9.60. The number of nitrogens with zero attached hydrogens (tertiary/aromatic N) is 1. The van der Waals surface area contributed by atoms with E-state index in [0.717, 1.165) is 13.1 Å². The number of carbonyl (C=O) groups excluding carboxylic acids is 1. The number of esters is 1. The molecular weight excluding hydrogens is 212 g/mol. The number of hydrogen-bond acceptors (Lipinski definition) is 5. The second-order valence-electron chi connectivity index (χ2n) is 3.99. The van der Waals surface area contributed by atoms with Gasteiger partial charge in [-0.25, -0.2) is 0 Å². The minimum Gasteiger partial charge on any atom is -0.468 e. The van der Waals surface area contributed by atoms with Gasteiger partial charge in [0.05, 0.1) is 7.11 Å². The number of thioether (sulfide) groups is 1. The first-order valence-electron chi connectivity index (χ1n) is 5.25. The lowest BCUT2D eigenvalue weighted by molar-refractivity contribution is -0.146. The van der Waals surface area contributed by atoms with E-state index in [0.29, 0.717) is 17.0 Å². The Hall–Kier alpha value is -0.260. The number of nitrogens with two attached hydrogens (primary N) is 1. The quantitative estimate of drug-likeness (QED) is 0.710. The summed E-state index contributed by atoms with van der Waals surface area (Å²) in [4.78, 5) is 13.6. The summed E-state index contributed by atoms with van der Waals surface area (Å²) in [7, 11) is 1.41. The zero-order valence-corrected chi connectivity index (χ0v) is 10.4. The predicted molar refractivity (Wildman–Crippen MR) is 62.9 cm³/mol. The van der Waals surface area contributed by atoms with E-state index >= 15 is 0 Å². The van der Waals surface area contributed by atoms with Gasteiger partial charge in [-0.15, -0.1) is 0 Å². The highest BCUT2D eigenvalue weighted by molar-refractivity contribution is 8.00. The lowest BCUT2D eigenvalue weighted by Gasteiger charge is -2.38. The van der Waals surface area contributed by atoms with Crippen LogP contribution in [0, 0.1) is 0 Å². The largest absolute Gasteiger partial charge is 0.468 e. The van der Waals surface area contributed by atoms with Gasteiger partial charge in [0, 0.05) is 30.1 Å². The maximum atomic E-state index is 11.5. The predicted octanol–water partition coefficient (Wildman–Crippen LogP) is 0.313. The molecule has 0 saturated carbocycles. The van der Waals surface area contributed by atoms with E-state index in [9.17, 15) is 4.79 Å². The summed E-state index contributed by atoms with van der Waals surface area (Å²) < 4.78 is 4.76. The molecule has 0 bridgehead atoms. The molecule has 3 atom stereocenters. The molecule has 1 rings (SSSR count). The smallest absolute Gasteiger partial charge is 0.324 e. The average molecular weight is 232 g/mol. The van der Waals surface area contributed by atoms with Crippen molar-refractivity contribution in [2.45, 2.75) is 30.4 Å². The van der Waals surface area contributed by atoms with E-state index in [1.165, 1.54) is 7.11 Å². The average Bonchev–Trinajstić information content (AvgIpc) is 2.17. The summed E-state index contributed by atoms with van der Waals surface area (Å²) in [5.74, 6) is -0.219. The Morgan fingerprint density at radius 2 is 2.07 bits per heavy atom. The van der Waals surface area contributed by atoms with E-state index in [2.05, 4.69) is 18.7 Å². The molecule has 0 radical (unpaired) electrons. The third kappa shape index (κ3) is 3.36. The standard InChI is InChI=1S/C10H20N2O2S/c1-7-5-12(6-8(2)15-7)9(4-11)10(13)14-3/h7-9H,4-6,11H2,1-3H3. The number of carbonyl (C=O) groups is 1. The Morgan fingerprint density at radius 1 is 1.53 bits per heavy atom. The van der Waals surface area contributed by atoms with E-state index < -0.39 is 0 Å². The van der Waals surface area contributed by atoms with Crippen LogP contribution >= 0.6 is 11.8 Å². The first-order valence-corrected chi connectivity index (χ1v) is 6.20. The highest BCUT2D eigenvalue weighted by Crippen LogP contribution is 2.25. The van der Waals surface area contributed by atoms with Gasteiger partial charge in [-0.2, -0.15) is 11.8 Å². The monoisotopic (exact) mass is 232 g/mol. The van der Waals surface area contributed by atoms with Gasteiger partial charge in [-0.05, 0) is 0 Å². The fourth-order valence-electron chi connectivity index (χ4n) is 2.00. The SMILES string of the molecule is COC(=O)C(CN)N1CC(C)SC(C)C1. The summed E-state index contributed by atoms with van der Waals surface area (Å²) >= 11 is 1.96. The molecule has 2 N–H and O–H groups in total. The Labute approximate surface area is 95.5 Å².